The number of ether oxygens (including phenoxy) is 1. The normalized spacial score (nSPS) is 11.4. The Balaban J connectivity index is 2.11. The minimum atomic E-state index is -0.961. The zero-order valence-corrected chi connectivity index (χ0v) is 17.1. The average molecular weight is 427 g/mol. The highest BCUT2D eigenvalue weighted by Crippen LogP contribution is 2.15. The van der Waals surface area contributed by atoms with E-state index in [9.17, 15) is 24.3 Å². The molecule has 5 N–H and O–H groups in total. The van der Waals surface area contributed by atoms with Gasteiger partial charge in [0, 0.05) is 31.2 Å². The zero-order chi connectivity index (χ0) is 22.8. The first-order valence-electron chi connectivity index (χ1n) is 9.57. The number of methoxy groups -OCH3 is 1. The summed E-state index contributed by atoms with van der Waals surface area (Å²) >= 11 is 0. The van der Waals surface area contributed by atoms with Crippen LogP contribution in [0, 0.1) is 0 Å². The van der Waals surface area contributed by atoms with Crippen molar-refractivity contribution in [2.45, 2.75) is 32.0 Å². The first-order chi connectivity index (χ1) is 14.8. The summed E-state index contributed by atoms with van der Waals surface area (Å²) in [6, 6.07) is 9.88. The molecule has 0 saturated heterocycles. The van der Waals surface area contributed by atoms with Crippen LogP contribution in [0.1, 0.15) is 44.7 Å². The van der Waals surface area contributed by atoms with Crippen LogP contribution >= 0.6 is 0 Å². The Bertz CT molecular complexity index is 943. The molecule has 2 aromatic carbocycles. The lowest BCUT2D eigenvalue weighted by molar-refractivity contribution is -0.120. The van der Waals surface area contributed by atoms with Crippen LogP contribution in [0.2, 0.25) is 0 Å². The number of phenols is 1. The highest BCUT2D eigenvalue weighted by molar-refractivity contribution is 5.98. The van der Waals surface area contributed by atoms with Crippen LogP contribution in [0.5, 0.6) is 5.75 Å². The number of carbonyl (C=O) groups is 4. The minimum absolute atomic E-state index is 0.0688. The highest BCUT2D eigenvalue weighted by Gasteiger charge is 2.20. The third-order valence-corrected chi connectivity index (χ3v) is 4.52. The molecule has 0 fully saturated rings. The Morgan fingerprint density at radius 2 is 1.84 bits per heavy atom. The molecule has 2 rings (SSSR count). The van der Waals surface area contributed by atoms with Crippen molar-refractivity contribution in [1.82, 2.24) is 10.6 Å². The molecule has 164 valence electrons. The van der Waals surface area contributed by atoms with E-state index in [4.69, 9.17) is 10.5 Å². The predicted molar refractivity (Wildman–Crippen MR) is 112 cm³/mol. The van der Waals surface area contributed by atoms with Crippen molar-refractivity contribution >= 4 is 24.0 Å². The van der Waals surface area contributed by atoms with E-state index >= 15 is 0 Å². The van der Waals surface area contributed by atoms with Crippen molar-refractivity contribution in [3.05, 3.63) is 64.7 Å². The fourth-order valence-electron chi connectivity index (χ4n) is 2.91. The Morgan fingerprint density at radius 3 is 2.45 bits per heavy atom. The van der Waals surface area contributed by atoms with Crippen LogP contribution in [-0.4, -0.2) is 42.3 Å². The Morgan fingerprint density at radius 1 is 1.13 bits per heavy atom. The summed E-state index contributed by atoms with van der Waals surface area (Å²) in [4.78, 5) is 47.0. The molecular weight excluding hydrogens is 402 g/mol. The molecule has 0 bridgehead atoms. The molecule has 0 radical (unpaired) electrons. The first kappa shape index (κ1) is 23.6. The maximum absolute atomic E-state index is 12.7. The second-order valence-electron chi connectivity index (χ2n) is 6.83. The maximum atomic E-state index is 12.7. The lowest BCUT2D eigenvalue weighted by Gasteiger charge is -2.17. The van der Waals surface area contributed by atoms with Gasteiger partial charge < -0.3 is 31.0 Å². The number of carbonyl (C=O) groups excluding carboxylic acids is 4. The van der Waals surface area contributed by atoms with E-state index in [2.05, 4.69) is 10.6 Å². The van der Waals surface area contributed by atoms with Crippen LogP contribution in [0.15, 0.2) is 42.5 Å². The smallest absolute Gasteiger partial charge is 0.252 e. The fourth-order valence-corrected chi connectivity index (χ4v) is 2.91. The van der Waals surface area contributed by atoms with Crippen molar-refractivity contribution in [3.8, 4) is 5.75 Å². The number of hydrogen-bond acceptors (Lipinski definition) is 6. The van der Waals surface area contributed by atoms with E-state index in [-0.39, 0.29) is 37.6 Å². The molecule has 0 saturated carbocycles. The second kappa shape index (κ2) is 11.5. The van der Waals surface area contributed by atoms with E-state index in [1.807, 2.05) is 0 Å². The van der Waals surface area contributed by atoms with Crippen molar-refractivity contribution in [1.29, 1.82) is 0 Å². The molecule has 9 nitrogen and oxygen atoms in total. The van der Waals surface area contributed by atoms with Gasteiger partial charge in [-0.2, -0.15) is 0 Å². The van der Waals surface area contributed by atoms with Crippen molar-refractivity contribution < 1.29 is 29.0 Å². The van der Waals surface area contributed by atoms with E-state index in [1.54, 1.807) is 18.2 Å². The quantitative estimate of drug-likeness (QED) is 0.394. The number of aromatic hydroxyl groups is 1. The van der Waals surface area contributed by atoms with Crippen molar-refractivity contribution in [3.63, 3.8) is 0 Å². The number of nitrogens with two attached hydrogens (primary N) is 1. The molecule has 31 heavy (non-hydrogen) atoms. The predicted octanol–water partition coefficient (Wildman–Crippen LogP) is 1.03. The Hall–Kier alpha value is -3.72. The van der Waals surface area contributed by atoms with E-state index < -0.39 is 17.9 Å². The summed E-state index contributed by atoms with van der Waals surface area (Å²) < 4.78 is 5.17. The topological polar surface area (TPSA) is 148 Å². The molecule has 0 aliphatic rings. The number of rotatable bonds is 11. The van der Waals surface area contributed by atoms with Gasteiger partial charge >= 0.3 is 0 Å². The molecule has 2 aromatic rings. The summed E-state index contributed by atoms with van der Waals surface area (Å²) in [6.45, 7) is 0.347. The molecule has 0 spiro atoms. The maximum Gasteiger partial charge on any atom is 0.252 e. The molecule has 3 amide bonds. The third-order valence-electron chi connectivity index (χ3n) is 4.52. The number of nitrogens with one attached hydrogen (secondary N) is 2. The molecule has 0 aliphatic heterocycles. The van der Waals surface area contributed by atoms with Gasteiger partial charge in [0.2, 0.25) is 5.91 Å². The van der Waals surface area contributed by atoms with Crippen LogP contribution in [0.25, 0.3) is 0 Å². The van der Waals surface area contributed by atoms with E-state index in [0.717, 1.165) is 5.56 Å². The average Bonchev–Trinajstić information content (AvgIpc) is 2.75. The zero-order valence-electron chi connectivity index (χ0n) is 17.1. The standard InChI is InChI=1S/C22H25N3O6/c1-31-13-16-11-14(12-24-21(29)15-5-7-17(27)8-6-15)4-9-18(16)22(30)25-19(20(23)28)3-2-10-26/h4-11,19,27H,2-3,12-13H2,1H3,(H2,23,28)(H,24,29)(H,25,30). The van der Waals surface area contributed by atoms with Gasteiger partial charge in [0.1, 0.15) is 18.1 Å². The Kier molecular flexibility index (Phi) is 8.71. The van der Waals surface area contributed by atoms with E-state index in [0.29, 0.717) is 23.0 Å². The number of primary amides is 1. The highest BCUT2D eigenvalue weighted by atomic mass is 16.5. The van der Waals surface area contributed by atoms with Gasteiger partial charge in [0.05, 0.1) is 6.61 Å². The number of aldehydes is 1. The Labute approximate surface area is 179 Å². The summed E-state index contributed by atoms with van der Waals surface area (Å²) in [5, 5.41) is 14.6. The molecule has 1 unspecified atom stereocenters. The van der Waals surface area contributed by atoms with Gasteiger partial charge in [-0.3, -0.25) is 14.4 Å². The summed E-state index contributed by atoms with van der Waals surface area (Å²) in [7, 11) is 1.48. The lowest BCUT2D eigenvalue weighted by Crippen LogP contribution is -2.44. The minimum Gasteiger partial charge on any atom is -0.508 e. The van der Waals surface area contributed by atoms with Gasteiger partial charge in [0.25, 0.3) is 11.8 Å². The van der Waals surface area contributed by atoms with E-state index in [1.165, 1.54) is 31.4 Å². The van der Waals surface area contributed by atoms with Crippen LogP contribution in [0.3, 0.4) is 0 Å². The molecule has 0 heterocycles. The molecule has 0 aliphatic carbocycles. The SMILES string of the molecule is COCc1cc(CNC(=O)c2ccc(O)cc2)ccc1C(=O)NC(CCC=O)C(N)=O. The largest absolute Gasteiger partial charge is 0.508 e. The van der Waals surface area contributed by atoms with Gasteiger partial charge in [-0.1, -0.05) is 12.1 Å². The molecule has 9 heteroatoms. The van der Waals surface area contributed by atoms with Gasteiger partial charge in [-0.15, -0.1) is 0 Å². The molecular formula is C22H25N3O6. The first-order valence-corrected chi connectivity index (χ1v) is 9.57. The van der Waals surface area contributed by atoms with Crippen molar-refractivity contribution in [2.24, 2.45) is 5.73 Å². The number of benzene rings is 2. The van der Waals surface area contributed by atoms with Crippen LogP contribution in [0.4, 0.5) is 0 Å². The fraction of sp³-hybridized carbons (Fsp3) is 0.273. The summed E-state index contributed by atoms with van der Waals surface area (Å²) in [6.07, 6.45) is 0.865. The summed E-state index contributed by atoms with van der Waals surface area (Å²) in [5.74, 6) is -1.48. The molecule has 0 aromatic heterocycles. The van der Waals surface area contributed by atoms with Gasteiger partial charge in [-0.05, 0) is 47.9 Å². The number of phenolic OH excluding ortho intramolecular Hbond substituents is 1. The number of amides is 3. The van der Waals surface area contributed by atoms with Crippen LogP contribution in [-0.2, 0) is 27.5 Å². The lowest BCUT2D eigenvalue weighted by atomic mass is 10.0. The number of hydrogen-bond donors (Lipinski definition) is 4. The third kappa shape index (κ3) is 6.93. The second-order valence-corrected chi connectivity index (χ2v) is 6.83. The van der Waals surface area contributed by atoms with Gasteiger partial charge in [-0.25, -0.2) is 0 Å². The van der Waals surface area contributed by atoms with Crippen LogP contribution < -0.4 is 16.4 Å². The monoisotopic (exact) mass is 427 g/mol. The summed E-state index contributed by atoms with van der Waals surface area (Å²) in [5.41, 5.74) is 7.30. The van der Waals surface area contributed by atoms with Crippen molar-refractivity contribution in [2.75, 3.05) is 7.11 Å². The van der Waals surface area contributed by atoms with Gasteiger partial charge in [0.15, 0.2) is 0 Å². The molecule has 1 atom stereocenters.